The van der Waals surface area contributed by atoms with Crippen molar-refractivity contribution in [2.24, 2.45) is 4.99 Å². The first-order valence-corrected chi connectivity index (χ1v) is 9.29. The van der Waals surface area contributed by atoms with Crippen molar-refractivity contribution in [2.45, 2.75) is 25.8 Å². The number of aromatic nitrogens is 1. The van der Waals surface area contributed by atoms with Crippen LogP contribution < -0.4 is 10.6 Å². The number of guanidine groups is 1. The van der Waals surface area contributed by atoms with Gasteiger partial charge in [-0.1, -0.05) is 55.5 Å². The zero-order chi connectivity index (χ0) is 18.9. The highest BCUT2D eigenvalue weighted by atomic mass is 16.3. The Labute approximate surface area is 160 Å². The quantitative estimate of drug-likeness (QED) is 0.488. The summed E-state index contributed by atoms with van der Waals surface area (Å²) in [6.07, 6.45) is 2.75. The third-order valence-electron chi connectivity index (χ3n) is 4.51. The molecule has 27 heavy (non-hydrogen) atoms. The second-order valence-electron chi connectivity index (χ2n) is 6.33. The third-order valence-corrected chi connectivity index (χ3v) is 4.51. The van der Waals surface area contributed by atoms with Crippen LogP contribution in [0.3, 0.4) is 0 Å². The van der Waals surface area contributed by atoms with Crippen molar-refractivity contribution in [1.82, 2.24) is 15.6 Å². The van der Waals surface area contributed by atoms with Crippen molar-refractivity contribution in [3.63, 3.8) is 0 Å². The summed E-state index contributed by atoms with van der Waals surface area (Å²) >= 11 is 0. The average molecular weight is 362 g/mol. The van der Waals surface area contributed by atoms with Crippen LogP contribution in [-0.2, 0) is 6.54 Å². The Morgan fingerprint density at radius 3 is 2.41 bits per heavy atom. The van der Waals surface area contributed by atoms with Crippen molar-refractivity contribution in [3.8, 4) is 11.5 Å². The van der Waals surface area contributed by atoms with E-state index in [-0.39, 0.29) is 0 Å². The standard InChI is InChI=1S/C22H26N4O/c1-3-17(18-10-6-4-7-11-18)14-24-22(23-2)25-15-20-16-27-21(26-20)19-12-8-5-9-13-19/h4-13,16-17H,3,14-15H2,1-2H3,(H2,23,24,25). The van der Waals surface area contributed by atoms with E-state index >= 15 is 0 Å². The molecule has 0 saturated carbocycles. The number of nitrogens with one attached hydrogen (secondary N) is 2. The van der Waals surface area contributed by atoms with Crippen LogP contribution in [0.25, 0.3) is 11.5 Å². The van der Waals surface area contributed by atoms with Crippen LogP contribution in [0, 0.1) is 0 Å². The van der Waals surface area contributed by atoms with Gasteiger partial charge in [-0.05, 0) is 24.1 Å². The first-order chi connectivity index (χ1) is 13.3. The fourth-order valence-corrected chi connectivity index (χ4v) is 2.94. The zero-order valence-electron chi connectivity index (χ0n) is 15.9. The summed E-state index contributed by atoms with van der Waals surface area (Å²) in [5.41, 5.74) is 3.15. The summed E-state index contributed by atoms with van der Waals surface area (Å²) in [5.74, 6) is 1.83. The number of rotatable bonds is 7. The molecule has 0 bridgehead atoms. The molecule has 0 aliphatic heterocycles. The molecule has 140 valence electrons. The van der Waals surface area contributed by atoms with E-state index in [1.165, 1.54) is 5.56 Å². The molecule has 1 heterocycles. The predicted molar refractivity (Wildman–Crippen MR) is 110 cm³/mol. The van der Waals surface area contributed by atoms with E-state index in [0.29, 0.717) is 18.4 Å². The molecule has 2 N–H and O–H groups in total. The SMILES string of the molecule is CCC(CNC(=NC)NCc1coc(-c2ccccc2)n1)c1ccccc1. The van der Waals surface area contributed by atoms with E-state index in [1.807, 2.05) is 36.4 Å². The summed E-state index contributed by atoms with van der Waals surface area (Å²) in [6.45, 7) is 3.59. The Balaban J connectivity index is 1.53. The van der Waals surface area contributed by atoms with Crippen LogP contribution in [0.1, 0.15) is 30.5 Å². The molecule has 0 aliphatic rings. The van der Waals surface area contributed by atoms with E-state index in [9.17, 15) is 0 Å². The second kappa shape index (κ2) is 9.57. The highest BCUT2D eigenvalue weighted by Gasteiger charge is 2.11. The van der Waals surface area contributed by atoms with Crippen LogP contribution in [0.15, 0.2) is 76.3 Å². The lowest BCUT2D eigenvalue weighted by Crippen LogP contribution is -2.39. The van der Waals surface area contributed by atoms with Gasteiger partial charge in [-0.25, -0.2) is 4.98 Å². The smallest absolute Gasteiger partial charge is 0.226 e. The predicted octanol–water partition coefficient (Wildman–Crippen LogP) is 4.20. The molecule has 1 aromatic heterocycles. The number of aliphatic imine (C=N–C) groups is 1. The summed E-state index contributed by atoms with van der Waals surface area (Å²) in [7, 11) is 1.77. The Hall–Kier alpha value is -3.08. The number of oxazole rings is 1. The molecule has 0 amide bonds. The van der Waals surface area contributed by atoms with Crippen molar-refractivity contribution in [3.05, 3.63) is 78.2 Å². The fraction of sp³-hybridized carbons (Fsp3) is 0.273. The van der Waals surface area contributed by atoms with Gasteiger partial charge in [0.15, 0.2) is 5.96 Å². The van der Waals surface area contributed by atoms with Gasteiger partial charge in [-0.2, -0.15) is 0 Å². The van der Waals surface area contributed by atoms with E-state index in [4.69, 9.17) is 4.42 Å². The highest BCUT2D eigenvalue weighted by molar-refractivity contribution is 5.79. The molecular weight excluding hydrogens is 336 g/mol. The first-order valence-electron chi connectivity index (χ1n) is 9.29. The molecule has 2 aromatic carbocycles. The average Bonchev–Trinajstić information content (AvgIpc) is 3.21. The molecule has 3 rings (SSSR count). The largest absolute Gasteiger partial charge is 0.444 e. The van der Waals surface area contributed by atoms with Gasteiger partial charge in [0.25, 0.3) is 0 Å². The van der Waals surface area contributed by atoms with Gasteiger partial charge in [-0.15, -0.1) is 0 Å². The van der Waals surface area contributed by atoms with Gasteiger partial charge >= 0.3 is 0 Å². The number of hydrogen-bond acceptors (Lipinski definition) is 3. The number of benzene rings is 2. The normalized spacial score (nSPS) is 12.6. The minimum Gasteiger partial charge on any atom is -0.444 e. The van der Waals surface area contributed by atoms with Crippen LogP contribution in [0.2, 0.25) is 0 Å². The lowest BCUT2D eigenvalue weighted by atomic mass is 9.97. The lowest BCUT2D eigenvalue weighted by Gasteiger charge is -2.18. The maximum Gasteiger partial charge on any atom is 0.226 e. The van der Waals surface area contributed by atoms with Crippen molar-refractivity contribution >= 4 is 5.96 Å². The Morgan fingerprint density at radius 2 is 1.74 bits per heavy atom. The van der Waals surface area contributed by atoms with Gasteiger partial charge in [0.2, 0.25) is 5.89 Å². The Morgan fingerprint density at radius 1 is 1.04 bits per heavy atom. The molecule has 0 radical (unpaired) electrons. The minimum atomic E-state index is 0.446. The van der Waals surface area contributed by atoms with Gasteiger partial charge in [-0.3, -0.25) is 4.99 Å². The van der Waals surface area contributed by atoms with E-state index in [1.54, 1.807) is 13.3 Å². The minimum absolute atomic E-state index is 0.446. The monoisotopic (exact) mass is 362 g/mol. The molecule has 0 aliphatic carbocycles. The summed E-state index contributed by atoms with van der Waals surface area (Å²) in [6, 6.07) is 20.4. The number of nitrogens with zero attached hydrogens (tertiary/aromatic N) is 2. The summed E-state index contributed by atoms with van der Waals surface area (Å²) < 4.78 is 5.58. The molecule has 5 nitrogen and oxygen atoms in total. The second-order valence-corrected chi connectivity index (χ2v) is 6.33. The van der Waals surface area contributed by atoms with E-state index in [0.717, 1.165) is 30.2 Å². The van der Waals surface area contributed by atoms with Gasteiger partial charge in [0.1, 0.15) is 6.26 Å². The maximum atomic E-state index is 5.58. The molecule has 1 unspecified atom stereocenters. The Bertz CT molecular complexity index is 843. The van der Waals surface area contributed by atoms with E-state index < -0.39 is 0 Å². The van der Waals surface area contributed by atoms with Crippen molar-refractivity contribution in [1.29, 1.82) is 0 Å². The van der Waals surface area contributed by atoms with Crippen molar-refractivity contribution < 1.29 is 4.42 Å². The zero-order valence-corrected chi connectivity index (χ0v) is 15.9. The van der Waals surface area contributed by atoms with Gasteiger partial charge in [0.05, 0.1) is 12.2 Å². The summed E-state index contributed by atoms with van der Waals surface area (Å²) in [5, 5.41) is 6.71. The van der Waals surface area contributed by atoms with Crippen LogP contribution in [0.5, 0.6) is 0 Å². The molecule has 0 fully saturated rings. The van der Waals surface area contributed by atoms with Gasteiger partial charge < -0.3 is 15.1 Å². The fourth-order valence-electron chi connectivity index (χ4n) is 2.94. The molecule has 1 atom stereocenters. The van der Waals surface area contributed by atoms with Crippen LogP contribution in [-0.4, -0.2) is 24.5 Å². The third kappa shape index (κ3) is 5.20. The highest BCUT2D eigenvalue weighted by Crippen LogP contribution is 2.18. The van der Waals surface area contributed by atoms with Crippen molar-refractivity contribution in [2.75, 3.05) is 13.6 Å². The van der Waals surface area contributed by atoms with E-state index in [2.05, 4.69) is 51.8 Å². The molecule has 0 saturated heterocycles. The molecule has 5 heteroatoms. The lowest BCUT2D eigenvalue weighted by molar-refractivity contribution is 0.572. The van der Waals surface area contributed by atoms with Crippen LogP contribution >= 0.6 is 0 Å². The maximum absolute atomic E-state index is 5.58. The first kappa shape index (κ1) is 18.7. The Kier molecular flexibility index (Phi) is 6.63. The molecule has 0 spiro atoms. The van der Waals surface area contributed by atoms with Crippen LogP contribution in [0.4, 0.5) is 0 Å². The molecule has 3 aromatic rings. The number of hydrogen-bond donors (Lipinski definition) is 2. The molecular formula is C22H26N4O. The summed E-state index contributed by atoms with van der Waals surface area (Å²) in [4.78, 5) is 8.84. The van der Waals surface area contributed by atoms with Gasteiger partial charge in [0, 0.05) is 25.1 Å². The topological polar surface area (TPSA) is 62.5 Å².